The van der Waals surface area contributed by atoms with E-state index in [4.69, 9.17) is 24.4 Å². The molecule has 24 heavy (non-hydrogen) atoms. The van der Waals surface area contributed by atoms with Gasteiger partial charge in [-0.25, -0.2) is 0 Å². The maximum Gasteiger partial charge on any atom is 1.00 e. The SMILES string of the molecule is O=C([O-])CC(O)(CC(=O)[O-])C(=O)[O-].O=P([O-])([O-])[O-].[K+].[K+].[NH4+].[NH4+].[Na+].[Na+]. The van der Waals surface area contributed by atoms with Crippen LogP contribution in [0.1, 0.15) is 12.8 Å². The van der Waals surface area contributed by atoms with E-state index in [0.717, 1.165) is 0 Å². The normalized spacial score (nSPS) is 8.33. The number of rotatable bonds is 5. The molecule has 0 heterocycles. The largest absolute Gasteiger partial charge is 1.00 e. The summed E-state index contributed by atoms with van der Waals surface area (Å²) in [5, 5.41) is 38.9. The van der Waals surface area contributed by atoms with Crippen LogP contribution in [0.3, 0.4) is 0 Å². The molecule has 9 N–H and O–H groups in total. The summed E-state index contributed by atoms with van der Waals surface area (Å²) in [5.41, 5.74) is -2.97. The van der Waals surface area contributed by atoms with Gasteiger partial charge in [0, 0.05) is 24.8 Å². The number of quaternary nitrogens is 2. The molecule has 0 bridgehead atoms. The average molecular weight is 444 g/mol. The average Bonchev–Trinajstić information content (AvgIpc) is 1.95. The molecule has 0 saturated carbocycles. The van der Waals surface area contributed by atoms with E-state index in [9.17, 15) is 29.7 Å². The van der Waals surface area contributed by atoms with Crippen LogP contribution in [-0.4, -0.2) is 28.6 Å². The third-order valence-corrected chi connectivity index (χ3v) is 1.25. The standard InChI is InChI=1S/C6H8O7.2K.2H3N.2Na.H3O4P/c7-3(8)1-6(13,5(11)12)2-4(9)10;;;;;;;1-5(2,3)4/h13H,1-2H2,(H,7,8)(H,9,10)(H,11,12);;;2*1H3;;;(H3,1,2,3,4)/q;2*+1;;;2*+1;/p-4. The zero-order valence-corrected chi connectivity index (χ0v) is 25.5. The number of carboxylic acid groups (broad SMARTS) is 3. The molecule has 0 aliphatic heterocycles. The number of aliphatic carboxylic acids is 3. The van der Waals surface area contributed by atoms with Gasteiger partial charge in [-0.05, 0) is 0 Å². The van der Waals surface area contributed by atoms with E-state index >= 15 is 0 Å². The Morgan fingerprint density at radius 1 is 0.833 bits per heavy atom. The molecule has 0 saturated heterocycles. The molecule has 0 aliphatic rings. The van der Waals surface area contributed by atoms with Crippen molar-refractivity contribution in [3.63, 3.8) is 0 Å². The Bertz CT molecular complexity index is 372. The van der Waals surface area contributed by atoms with Crippen LogP contribution in [0.4, 0.5) is 0 Å². The smallest absolute Gasteiger partial charge is 0.822 e. The van der Waals surface area contributed by atoms with Crippen molar-refractivity contribution >= 4 is 25.7 Å². The molecule has 0 unspecified atom stereocenters. The third-order valence-electron chi connectivity index (χ3n) is 1.25. The van der Waals surface area contributed by atoms with Gasteiger partial charge in [-0.1, -0.05) is 0 Å². The second-order valence-corrected chi connectivity index (χ2v) is 3.76. The number of carboxylic acids is 3. The quantitative estimate of drug-likeness (QED) is 0.264. The van der Waals surface area contributed by atoms with Crippen molar-refractivity contribution in [3.05, 3.63) is 0 Å². The van der Waals surface area contributed by atoms with Crippen LogP contribution in [0, 0.1) is 0 Å². The molecule has 0 rings (SSSR count). The summed E-state index contributed by atoms with van der Waals surface area (Å²) in [5.74, 6) is -5.98. The molecule has 13 nitrogen and oxygen atoms in total. The van der Waals surface area contributed by atoms with Gasteiger partial charge < -0.3 is 66.4 Å². The summed E-state index contributed by atoms with van der Waals surface area (Å²) in [6, 6.07) is 0. The van der Waals surface area contributed by atoms with Gasteiger partial charge in [-0.2, -0.15) is 7.82 Å². The number of aliphatic hydroxyl groups is 1. The Balaban J connectivity index is -0.0000000347. The van der Waals surface area contributed by atoms with Gasteiger partial charge in [0.05, 0.1) is 5.97 Å². The van der Waals surface area contributed by atoms with Crippen LogP contribution in [0.25, 0.3) is 0 Å². The zero-order chi connectivity index (χ0) is 15.1. The fourth-order valence-corrected chi connectivity index (χ4v) is 0.684. The molecule has 0 amide bonds. The maximum absolute atomic E-state index is 10.1. The van der Waals surface area contributed by atoms with Crippen LogP contribution < -0.4 is 204 Å². The van der Waals surface area contributed by atoms with Crippen molar-refractivity contribution < 1.29 is 216 Å². The van der Waals surface area contributed by atoms with E-state index in [1.807, 2.05) is 0 Å². The minimum atomic E-state index is -5.39. The summed E-state index contributed by atoms with van der Waals surface area (Å²) < 4.78 is 8.55. The minimum Gasteiger partial charge on any atom is -0.822 e. The van der Waals surface area contributed by atoms with Crippen molar-refractivity contribution in [3.8, 4) is 0 Å². The van der Waals surface area contributed by atoms with Gasteiger partial charge in [0.15, 0.2) is 0 Å². The molecular weight excluding hydrogens is 431 g/mol. The molecule has 0 aromatic carbocycles. The van der Waals surface area contributed by atoms with Crippen molar-refractivity contribution in [1.82, 2.24) is 12.3 Å². The Morgan fingerprint density at radius 3 is 1.08 bits per heavy atom. The molecule has 0 radical (unpaired) electrons. The van der Waals surface area contributed by atoms with Gasteiger partial charge in [-0.15, -0.1) is 0 Å². The van der Waals surface area contributed by atoms with E-state index in [1.165, 1.54) is 0 Å². The summed E-state index contributed by atoms with van der Waals surface area (Å²) >= 11 is 0. The van der Waals surface area contributed by atoms with Crippen molar-refractivity contribution in [2.24, 2.45) is 0 Å². The first-order valence-electron chi connectivity index (χ1n) is 3.84. The fourth-order valence-electron chi connectivity index (χ4n) is 0.684. The molecule has 0 spiro atoms. The molecular formula is C6H13K2N2Na2O11P. The second kappa shape index (κ2) is 24.7. The van der Waals surface area contributed by atoms with Crippen LogP contribution >= 0.6 is 7.82 Å². The Morgan fingerprint density at radius 2 is 1.00 bits per heavy atom. The van der Waals surface area contributed by atoms with Gasteiger partial charge in [-0.3, -0.25) is 0 Å². The molecule has 0 aliphatic carbocycles. The second-order valence-electron chi connectivity index (χ2n) is 2.86. The number of hydrogen-bond donors (Lipinski definition) is 3. The van der Waals surface area contributed by atoms with Gasteiger partial charge in [0.2, 0.25) is 0 Å². The first-order valence-corrected chi connectivity index (χ1v) is 5.30. The predicted octanol–water partition coefficient (Wildman–Crippen LogP) is -19.3. The summed E-state index contributed by atoms with van der Waals surface area (Å²) in [6.45, 7) is 0. The summed E-state index contributed by atoms with van der Waals surface area (Å²) in [7, 11) is -5.39. The van der Waals surface area contributed by atoms with Crippen molar-refractivity contribution in [2.45, 2.75) is 18.4 Å². The van der Waals surface area contributed by atoms with E-state index in [2.05, 4.69) is 0 Å². The van der Waals surface area contributed by atoms with Crippen molar-refractivity contribution in [2.75, 3.05) is 0 Å². The van der Waals surface area contributed by atoms with Crippen LogP contribution in [-0.2, 0) is 18.9 Å². The van der Waals surface area contributed by atoms with Crippen LogP contribution in [0.5, 0.6) is 0 Å². The van der Waals surface area contributed by atoms with E-state index in [1.54, 1.807) is 0 Å². The van der Waals surface area contributed by atoms with Gasteiger partial charge >= 0.3 is 162 Å². The summed E-state index contributed by atoms with van der Waals surface area (Å²) in [4.78, 5) is 55.6. The number of hydrogen-bond acceptors (Lipinski definition) is 11. The Hall–Kier alpha value is 3.67. The van der Waals surface area contributed by atoms with E-state index < -0.39 is 44.2 Å². The molecule has 0 aromatic rings. The van der Waals surface area contributed by atoms with E-state index in [-0.39, 0.29) is 174 Å². The Kier molecular flexibility index (Phi) is 52.4. The summed E-state index contributed by atoms with van der Waals surface area (Å²) in [6.07, 6.45) is -2.72. The molecule has 122 valence electrons. The maximum atomic E-state index is 10.1. The number of phosphoric acid groups is 1. The predicted molar refractivity (Wildman–Crippen MR) is 48.8 cm³/mol. The van der Waals surface area contributed by atoms with Crippen LogP contribution in [0.2, 0.25) is 0 Å². The first-order chi connectivity index (χ1) is 7.78. The zero-order valence-electron chi connectivity index (χ0n) is 14.4. The first kappa shape index (κ1) is 50.9. The number of carbonyl (C=O) groups excluding carboxylic acids is 3. The fraction of sp³-hybridized carbons (Fsp3) is 0.500. The van der Waals surface area contributed by atoms with Gasteiger partial charge in [0.25, 0.3) is 0 Å². The van der Waals surface area contributed by atoms with Crippen molar-refractivity contribution in [1.29, 1.82) is 0 Å². The molecule has 0 atom stereocenters. The monoisotopic (exact) mass is 444 g/mol. The van der Waals surface area contributed by atoms with Crippen LogP contribution in [0.15, 0.2) is 0 Å². The molecule has 18 heteroatoms. The molecule has 0 aromatic heterocycles. The van der Waals surface area contributed by atoms with Gasteiger partial charge in [0.1, 0.15) is 5.60 Å². The van der Waals surface area contributed by atoms with E-state index in [0.29, 0.717) is 0 Å². The third kappa shape index (κ3) is 40.4. The molecule has 0 fully saturated rings. The number of carbonyl (C=O) groups is 3. The Labute approximate surface area is 266 Å². The topological polar surface area (TPSA) is 300 Å². The minimum absolute atomic E-state index is 0.